The molecule has 0 bridgehead atoms. The van der Waals surface area contributed by atoms with E-state index in [-0.39, 0.29) is 5.97 Å². The molecule has 0 saturated heterocycles. The molecule has 0 amide bonds. The molecule has 4 nitrogen and oxygen atoms in total. The van der Waals surface area contributed by atoms with Crippen molar-refractivity contribution in [2.75, 3.05) is 6.61 Å². The highest BCUT2D eigenvalue weighted by Gasteiger charge is 2.33. The second kappa shape index (κ2) is 5.27. The minimum atomic E-state index is -0.812. The summed E-state index contributed by atoms with van der Waals surface area (Å²) in [5.41, 5.74) is 1.39. The lowest BCUT2D eigenvalue weighted by Crippen LogP contribution is -2.38. The van der Waals surface area contributed by atoms with Gasteiger partial charge in [0.05, 0.1) is 18.3 Å². The summed E-state index contributed by atoms with van der Waals surface area (Å²) in [7, 11) is 0. The van der Waals surface area contributed by atoms with Crippen molar-refractivity contribution in [1.29, 1.82) is 0 Å². The van der Waals surface area contributed by atoms with E-state index >= 15 is 0 Å². The van der Waals surface area contributed by atoms with Crippen molar-refractivity contribution in [3.05, 3.63) is 30.0 Å². The molecule has 1 aromatic carbocycles. The van der Waals surface area contributed by atoms with E-state index in [1.54, 1.807) is 10.9 Å². The van der Waals surface area contributed by atoms with Gasteiger partial charge in [-0.1, -0.05) is 26.0 Å². The van der Waals surface area contributed by atoms with Crippen LogP contribution in [0.1, 0.15) is 46.1 Å². The lowest BCUT2D eigenvalue weighted by atomic mass is 10.0. The van der Waals surface area contributed by atoms with Crippen molar-refractivity contribution < 1.29 is 9.53 Å². The van der Waals surface area contributed by atoms with Gasteiger partial charge in [-0.05, 0) is 38.3 Å². The molecule has 0 radical (unpaired) electrons. The second-order valence-electron chi connectivity index (χ2n) is 5.81. The SMILES string of the molecule is CCOC(=O)C(C)(C)n1ncc2ccc(C(C)C)cc21. The number of esters is 1. The standard InChI is InChI=1S/C16H22N2O2/c1-6-20-15(19)16(4,5)18-14-9-12(11(2)3)7-8-13(14)10-17-18/h7-11H,6H2,1-5H3. The van der Waals surface area contributed by atoms with Crippen LogP contribution in [0, 0.1) is 0 Å². The molecule has 0 unspecified atom stereocenters. The molecule has 0 atom stereocenters. The average molecular weight is 274 g/mol. The molecule has 0 fully saturated rings. The minimum Gasteiger partial charge on any atom is -0.464 e. The summed E-state index contributed by atoms with van der Waals surface area (Å²) >= 11 is 0. The molecule has 0 aliphatic rings. The monoisotopic (exact) mass is 274 g/mol. The number of ether oxygens (including phenoxy) is 1. The van der Waals surface area contributed by atoms with Crippen molar-refractivity contribution in [2.24, 2.45) is 0 Å². The first-order valence-corrected chi connectivity index (χ1v) is 7.03. The van der Waals surface area contributed by atoms with Crippen LogP contribution in [0.2, 0.25) is 0 Å². The summed E-state index contributed by atoms with van der Waals surface area (Å²) in [6.45, 7) is 10.2. The van der Waals surface area contributed by atoms with E-state index in [1.165, 1.54) is 5.56 Å². The molecule has 2 rings (SSSR count). The second-order valence-corrected chi connectivity index (χ2v) is 5.81. The average Bonchev–Trinajstić information content (AvgIpc) is 2.82. The first kappa shape index (κ1) is 14.6. The molecule has 4 heteroatoms. The Morgan fingerprint density at radius 3 is 2.70 bits per heavy atom. The number of fused-ring (bicyclic) bond motifs is 1. The molecule has 108 valence electrons. The first-order chi connectivity index (χ1) is 9.37. The van der Waals surface area contributed by atoms with Gasteiger partial charge >= 0.3 is 5.97 Å². The summed E-state index contributed by atoms with van der Waals surface area (Å²) in [4.78, 5) is 12.1. The fourth-order valence-corrected chi connectivity index (χ4v) is 2.23. The number of aromatic nitrogens is 2. The highest BCUT2D eigenvalue weighted by atomic mass is 16.5. The molecule has 0 N–H and O–H groups in total. The van der Waals surface area contributed by atoms with Crippen LogP contribution in [0.3, 0.4) is 0 Å². The molecule has 0 aliphatic carbocycles. The Morgan fingerprint density at radius 2 is 2.10 bits per heavy atom. The molecular formula is C16H22N2O2. The van der Waals surface area contributed by atoms with Gasteiger partial charge in [0.25, 0.3) is 0 Å². The van der Waals surface area contributed by atoms with Gasteiger partial charge in [0.2, 0.25) is 0 Å². The van der Waals surface area contributed by atoms with Gasteiger partial charge in [-0.25, -0.2) is 9.48 Å². The number of benzene rings is 1. The number of hydrogen-bond donors (Lipinski definition) is 0. The number of nitrogens with zero attached hydrogens (tertiary/aromatic N) is 2. The number of hydrogen-bond acceptors (Lipinski definition) is 3. The smallest absolute Gasteiger partial charge is 0.333 e. The molecule has 1 heterocycles. The highest BCUT2D eigenvalue weighted by molar-refractivity contribution is 5.84. The van der Waals surface area contributed by atoms with Gasteiger partial charge < -0.3 is 4.74 Å². The van der Waals surface area contributed by atoms with Crippen LogP contribution in [0.25, 0.3) is 10.9 Å². The number of rotatable bonds is 4. The van der Waals surface area contributed by atoms with Gasteiger partial charge in [0.1, 0.15) is 0 Å². The fourth-order valence-electron chi connectivity index (χ4n) is 2.23. The highest BCUT2D eigenvalue weighted by Crippen LogP contribution is 2.26. The largest absolute Gasteiger partial charge is 0.464 e. The lowest BCUT2D eigenvalue weighted by Gasteiger charge is -2.24. The predicted molar refractivity (Wildman–Crippen MR) is 79.8 cm³/mol. The van der Waals surface area contributed by atoms with Gasteiger partial charge in [-0.15, -0.1) is 0 Å². The van der Waals surface area contributed by atoms with E-state index in [0.717, 1.165) is 10.9 Å². The normalized spacial score (nSPS) is 12.1. The summed E-state index contributed by atoms with van der Waals surface area (Å²) in [6.07, 6.45) is 1.79. The molecule has 1 aromatic heterocycles. The lowest BCUT2D eigenvalue weighted by molar-refractivity contribution is -0.152. The minimum absolute atomic E-state index is 0.264. The number of carbonyl (C=O) groups is 1. The van der Waals surface area contributed by atoms with Crippen LogP contribution in [-0.4, -0.2) is 22.4 Å². The third-order valence-electron chi connectivity index (χ3n) is 3.57. The van der Waals surface area contributed by atoms with E-state index in [1.807, 2.05) is 20.8 Å². The van der Waals surface area contributed by atoms with Crippen molar-refractivity contribution >= 4 is 16.9 Å². The molecule has 20 heavy (non-hydrogen) atoms. The molecule has 0 saturated carbocycles. The van der Waals surface area contributed by atoms with E-state index in [0.29, 0.717) is 12.5 Å². The molecule has 0 aliphatic heterocycles. The maximum absolute atomic E-state index is 12.1. The molecule has 0 spiro atoms. The Balaban J connectivity index is 2.54. The number of carbonyl (C=O) groups excluding carboxylic acids is 1. The maximum atomic E-state index is 12.1. The Kier molecular flexibility index (Phi) is 3.84. The third-order valence-corrected chi connectivity index (χ3v) is 3.57. The third kappa shape index (κ3) is 2.42. The van der Waals surface area contributed by atoms with Gasteiger partial charge in [0, 0.05) is 5.39 Å². The zero-order valence-electron chi connectivity index (χ0n) is 12.8. The van der Waals surface area contributed by atoms with Gasteiger partial charge in [-0.2, -0.15) is 5.10 Å². The van der Waals surface area contributed by atoms with Crippen LogP contribution < -0.4 is 0 Å². The van der Waals surface area contributed by atoms with E-state index in [2.05, 4.69) is 37.1 Å². The summed E-state index contributed by atoms with van der Waals surface area (Å²) in [6, 6.07) is 6.26. The van der Waals surface area contributed by atoms with Crippen molar-refractivity contribution in [3.63, 3.8) is 0 Å². The van der Waals surface area contributed by atoms with E-state index in [9.17, 15) is 4.79 Å². The molecular weight excluding hydrogens is 252 g/mol. The van der Waals surface area contributed by atoms with Crippen LogP contribution in [0.5, 0.6) is 0 Å². The zero-order valence-corrected chi connectivity index (χ0v) is 12.8. The van der Waals surface area contributed by atoms with E-state index in [4.69, 9.17) is 4.74 Å². The first-order valence-electron chi connectivity index (χ1n) is 7.03. The van der Waals surface area contributed by atoms with Crippen LogP contribution in [0.15, 0.2) is 24.4 Å². The van der Waals surface area contributed by atoms with E-state index < -0.39 is 5.54 Å². The Bertz CT molecular complexity index is 626. The van der Waals surface area contributed by atoms with Gasteiger partial charge in [0.15, 0.2) is 5.54 Å². The quantitative estimate of drug-likeness (QED) is 0.802. The topological polar surface area (TPSA) is 44.1 Å². The molecule has 2 aromatic rings. The maximum Gasteiger partial charge on any atom is 0.333 e. The van der Waals surface area contributed by atoms with Crippen LogP contribution in [0.4, 0.5) is 0 Å². The Morgan fingerprint density at radius 1 is 1.40 bits per heavy atom. The summed E-state index contributed by atoms with van der Waals surface area (Å²) in [5.74, 6) is 0.174. The summed E-state index contributed by atoms with van der Waals surface area (Å²) < 4.78 is 6.91. The summed E-state index contributed by atoms with van der Waals surface area (Å²) in [5, 5.41) is 5.42. The van der Waals surface area contributed by atoms with Crippen molar-refractivity contribution in [3.8, 4) is 0 Å². The van der Waals surface area contributed by atoms with Crippen LogP contribution >= 0.6 is 0 Å². The predicted octanol–water partition coefficient (Wildman–Crippen LogP) is 3.46. The van der Waals surface area contributed by atoms with Gasteiger partial charge in [-0.3, -0.25) is 0 Å². The Hall–Kier alpha value is -1.84. The van der Waals surface area contributed by atoms with Crippen LogP contribution in [-0.2, 0) is 15.1 Å². The Labute approximate surface area is 119 Å². The van der Waals surface area contributed by atoms with Crippen molar-refractivity contribution in [2.45, 2.75) is 46.1 Å². The fraction of sp³-hybridized carbons (Fsp3) is 0.500. The zero-order chi connectivity index (χ0) is 14.9. The van der Waals surface area contributed by atoms with Crippen molar-refractivity contribution in [1.82, 2.24) is 9.78 Å².